The van der Waals surface area contributed by atoms with Crippen LogP contribution >= 0.6 is 0 Å². The average Bonchev–Trinajstić information content (AvgIpc) is 3.01. The maximum Gasteiger partial charge on any atom is 0.461 e. The predicted molar refractivity (Wildman–Crippen MR) is 79.3 cm³/mol. The minimum atomic E-state index is -4.58. The molecule has 128 valence electrons. The highest BCUT2D eigenvalue weighted by atomic mass is 19.3. The molecule has 24 heavy (non-hydrogen) atoms. The number of aromatic nitrogens is 2. The fourth-order valence-corrected chi connectivity index (χ4v) is 1.93. The number of hydrogen-bond acceptors (Lipinski definition) is 3. The smallest absolute Gasteiger partial charge is 0.428 e. The average molecular weight is 342 g/mol. The van der Waals surface area contributed by atoms with Crippen molar-refractivity contribution in [3.8, 4) is 5.75 Å². The minimum absolute atomic E-state index is 0.321. The summed E-state index contributed by atoms with van der Waals surface area (Å²) in [6, 6.07) is 6.70. The normalized spacial score (nSPS) is 12.1. The highest BCUT2D eigenvalue weighted by Crippen LogP contribution is 2.28. The van der Waals surface area contributed by atoms with Crippen LogP contribution in [-0.4, -0.2) is 28.1 Å². The number of benzene rings is 1. The predicted octanol–water partition coefficient (Wildman–Crippen LogP) is 4.04. The third kappa shape index (κ3) is 4.21. The Balaban J connectivity index is 2.13. The van der Waals surface area contributed by atoms with E-state index in [0.717, 1.165) is 12.1 Å². The van der Waals surface area contributed by atoms with Crippen molar-refractivity contribution in [3.05, 3.63) is 53.9 Å². The summed E-state index contributed by atoms with van der Waals surface area (Å²) in [6.07, 6.45) is -4.40. The molecule has 2 aromatic rings. The van der Waals surface area contributed by atoms with Crippen LogP contribution in [0.15, 0.2) is 42.6 Å². The highest BCUT2D eigenvalue weighted by molar-refractivity contribution is 6.05. The Morgan fingerprint density at radius 1 is 1.38 bits per heavy atom. The Bertz CT molecular complexity index is 741. The van der Waals surface area contributed by atoms with Gasteiger partial charge in [-0.05, 0) is 36.8 Å². The molecular weight excluding hydrogens is 328 g/mol. The van der Waals surface area contributed by atoms with E-state index in [0.29, 0.717) is 17.8 Å². The van der Waals surface area contributed by atoms with E-state index in [2.05, 4.69) is 9.84 Å². The molecule has 0 atom stereocenters. The van der Waals surface area contributed by atoms with Crippen LogP contribution in [0, 0.1) is 0 Å². The molecule has 0 radical (unpaired) electrons. The fraction of sp³-hybridized carbons (Fsp3) is 0.250. The number of rotatable bonds is 7. The van der Waals surface area contributed by atoms with Crippen molar-refractivity contribution in [2.24, 2.45) is 0 Å². The number of aryl methyl sites for hydroxylation is 1. The first-order valence-corrected chi connectivity index (χ1v) is 7.02. The number of carbonyl (C=O) groups is 1. The largest absolute Gasteiger partial charge is 0.461 e. The Labute approximate surface area is 135 Å². The van der Waals surface area contributed by atoms with Gasteiger partial charge in [0.25, 0.3) is 0 Å². The summed E-state index contributed by atoms with van der Waals surface area (Å²) in [5, 5.41) is 3.97. The summed E-state index contributed by atoms with van der Waals surface area (Å²) < 4.78 is 55.6. The van der Waals surface area contributed by atoms with Gasteiger partial charge in [0, 0.05) is 12.7 Å². The van der Waals surface area contributed by atoms with Crippen molar-refractivity contribution in [1.29, 1.82) is 0 Å². The molecule has 0 aliphatic heterocycles. The van der Waals surface area contributed by atoms with E-state index in [9.17, 15) is 22.4 Å². The summed E-state index contributed by atoms with van der Waals surface area (Å²) in [6.45, 7) is 2.35. The van der Waals surface area contributed by atoms with Crippen molar-refractivity contribution in [3.63, 3.8) is 0 Å². The fourth-order valence-electron chi connectivity index (χ4n) is 1.93. The van der Waals surface area contributed by atoms with Gasteiger partial charge in [-0.1, -0.05) is 18.2 Å². The van der Waals surface area contributed by atoms with E-state index < -0.39 is 18.3 Å². The molecule has 4 nitrogen and oxygen atoms in total. The number of ketones is 1. The van der Waals surface area contributed by atoms with Gasteiger partial charge < -0.3 is 4.74 Å². The summed E-state index contributed by atoms with van der Waals surface area (Å²) in [5.41, 5.74) is 0.735. The summed E-state index contributed by atoms with van der Waals surface area (Å²) in [7, 11) is 0. The number of carbonyl (C=O) groups excluding carboxylic acids is 1. The molecule has 0 unspecified atom stereocenters. The van der Waals surface area contributed by atoms with Crippen LogP contribution in [0.25, 0.3) is 6.08 Å². The van der Waals surface area contributed by atoms with Crippen molar-refractivity contribution in [2.45, 2.75) is 26.0 Å². The van der Waals surface area contributed by atoms with Gasteiger partial charge in [-0.3, -0.25) is 9.48 Å². The first-order chi connectivity index (χ1) is 11.3. The van der Waals surface area contributed by atoms with Gasteiger partial charge in [-0.2, -0.15) is 22.7 Å². The van der Waals surface area contributed by atoms with Crippen LogP contribution in [0.5, 0.6) is 5.75 Å². The molecule has 1 aromatic heterocycles. The monoisotopic (exact) mass is 342 g/mol. The van der Waals surface area contributed by atoms with Crippen LogP contribution in [0.3, 0.4) is 0 Å². The Morgan fingerprint density at radius 3 is 2.79 bits per heavy atom. The lowest BCUT2D eigenvalue weighted by Gasteiger charge is -2.16. The van der Waals surface area contributed by atoms with E-state index in [1.54, 1.807) is 6.07 Å². The third-order valence-corrected chi connectivity index (χ3v) is 3.06. The second-order valence-corrected chi connectivity index (χ2v) is 4.77. The zero-order chi connectivity index (χ0) is 17.7. The quantitative estimate of drug-likeness (QED) is 0.433. The maximum atomic E-state index is 12.9. The SMILES string of the molecule is CCn1nccc1C(=O)/C=C/c1cccc(OC(F)(F)C(F)F)c1. The van der Waals surface area contributed by atoms with Gasteiger partial charge in [0.1, 0.15) is 11.4 Å². The Morgan fingerprint density at radius 2 is 2.12 bits per heavy atom. The maximum absolute atomic E-state index is 12.9. The van der Waals surface area contributed by atoms with Crippen molar-refractivity contribution >= 4 is 11.9 Å². The van der Waals surface area contributed by atoms with Crippen molar-refractivity contribution in [1.82, 2.24) is 9.78 Å². The van der Waals surface area contributed by atoms with Gasteiger partial charge in [0.2, 0.25) is 5.78 Å². The second-order valence-electron chi connectivity index (χ2n) is 4.77. The van der Waals surface area contributed by atoms with Crippen molar-refractivity contribution < 1.29 is 27.1 Å². The second kappa shape index (κ2) is 7.29. The zero-order valence-corrected chi connectivity index (χ0v) is 12.6. The lowest BCUT2D eigenvalue weighted by molar-refractivity contribution is -0.253. The topological polar surface area (TPSA) is 44.1 Å². The van der Waals surface area contributed by atoms with Gasteiger partial charge in [-0.25, -0.2) is 0 Å². The van der Waals surface area contributed by atoms with Crippen LogP contribution in [0.2, 0.25) is 0 Å². The van der Waals surface area contributed by atoms with Gasteiger partial charge >= 0.3 is 12.5 Å². The van der Waals surface area contributed by atoms with E-state index in [-0.39, 0.29) is 5.78 Å². The molecule has 0 N–H and O–H groups in total. The van der Waals surface area contributed by atoms with E-state index >= 15 is 0 Å². The Kier molecular flexibility index (Phi) is 5.38. The van der Waals surface area contributed by atoms with Crippen LogP contribution < -0.4 is 4.74 Å². The summed E-state index contributed by atoms with van der Waals surface area (Å²) in [4.78, 5) is 12.1. The van der Waals surface area contributed by atoms with E-state index in [1.807, 2.05) is 6.92 Å². The third-order valence-electron chi connectivity index (χ3n) is 3.06. The molecule has 2 rings (SSSR count). The Hall–Kier alpha value is -2.64. The molecule has 0 spiro atoms. The van der Waals surface area contributed by atoms with Crippen LogP contribution in [-0.2, 0) is 6.54 Å². The molecule has 1 heterocycles. The van der Waals surface area contributed by atoms with Gasteiger partial charge in [-0.15, -0.1) is 0 Å². The van der Waals surface area contributed by atoms with Crippen molar-refractivity contribution in [2.75, 3.05) is 0 Å². The molecule has 0 bridgehead atoms. The molecule has 8 heteroatoms. The number of halogens is 4. The minimum Gasteiger partial charge on any atom is -0.428 e. The summed E-state index contributed by atoms with van der Waals surface area (Å²) >= 11 is 0. The molecule has 1 aromatic carbocycles. The van der Waals surface area contributed by atoms with Gasteiger partial charge in [0.15, 0.2) is 0 Å². The van der Waals surface area contributed by atoms with E-state index in [4.69, 9.17) is 0 Å². The molecule has 0 aliphatic carbocycles. The first-order valence-electron chi connectivity index (χ1n) is 7.02. The zero-order valence-electron chi connectivity index (χ0n) is 12.6. The number of alkyl halides is 4. The number of allylic oxidation sites excluding steroid dienone is 1. The first kappa shape index (κ1) is 17.7. The lowest BCUT2D eigenvalue weighted by Crippen LogP contribution is -2.33. The standard InChI is InChI=1S/C16H14F4N2O2/c1-2-22-13(8-9-21-22)14(23)7-6-11-4-3-5-12(10-11)24-16(19,20)15(17)18/h3-10,15H,2H2,1H3/b7-6+. The number of nitrogens with zero attached hydrogens (tertiary/aromatic N) is 2. The lowest BCUT2D eigenvalue weighted by atomic mass is 10.1. The van der Waals surface area contributed by atoms with Gasteiger partial charge in [0.05, 0.1) is 0 Å². The number of ether oxygens (including phenoxy) is 1. The molecule has 0 amide bonds. The van der Waals surface area contributed by atoms with E-state index in [1.165, 1.54) is 35.2 Å². The molecule has 0 aliphatic rings. The van der Waals surface area contributed by atoms with Crippen LogP contribution in [0.4, 0.5) is 17.6 Å². The number of hydrogen-bond donors (Lipinski definition) is 0. The molecule has 0 saturated heterocycles. The molecule has 0 fully saturated rings. The molecular formula is C16H14F4N2O2. The summed E-state index contributed by atoms with van der Waals surface area (Å²) in [5.74, 6) is -0.743. The van der Waals surface area contributed by atoms with Crippen LogP contribution in [0.1, 0.15) is 23.0 Å². The molecule has 0 saturated carbocycles. The highest BCUT2D eigenvalue weighted by Gasteiger charge is 2.43.